The Morgan fingerprint density at radius 3 is 2.48 bits per heavy atom. The third-order valence-electron chi connectivity index (χ3n) is 3.90. The lowest BCUT2D eigenvalue weighted by Gasteiger charge is -2.20. The third kappa shape index (κ3) is 5.47. The normalized spacial score (nSPS) is 13.0. The Morgan fingerprint density at radius 2 is 1.96 bits per heavy atom. The second-order valence-electron chi connectivity index (χ2n) is 5.45. The Morgan fingerprint density at radius 1 is 1.26 bits per heavy atom. The molecule has 0 bridgehead atoms. The molecule has 0 saturated heterocycles. The molecule has 2 atom stereocenters. The number of carbonyl (C=O) groups is 2. The van der Waals surface area contributed by atoms with E-state index in [1.807, 2.05) is 19.9 Å². The molecule has 128 valence electrons. The minimum atomic E-state index is -1.01. The van der Waals surface area contributed by atoms with E-state index in [4.69, 9.17) is 9.47 Å². The molecule has 1 aromatic rings. The second-order valence-corrected chi connectivity index (χ2v) is 5.45. The Kier molecular flexibility index (Phi) is 7.38. The van der Waals surface area contributed by atoms with Gasteiger partial charge in [-0.25, -0.2) is 4.79 Å². The molecule has 2 N–H and O–H groups in total. The number of aryl methyl sites for hydroxylation is 1. The zero-order valence-corrected chi connectivity index (χ0v) is 14.1. The van der Waals surface area contributed by atoms with Gasteiger partial charge in [-0.3, -0.25) is 4.79 Å². The molecule has 23 heavy (non-hydrogen) atoms. The monoisotopic (exact) mass is 323 g/mol. The van der Waals surface area contributed by atoms with E-state index in [1.165, 1.54) is 0 Å². The summed E-state index contributed by atoms with van der Waals surface area (Å²) in [5, 5.41) is 11.8. The van der Waals surface area contributed by atoms with E-state index < -0.39 is 12.0 Å². The van der Waals surface area contributed by atoms with Crippen molar-refractivity contribution in [2.24, 2.45) is 5.92 Å². The fourth-order valence-corrected chi connectivity index (χ4v) is 2.25. The fraction of sp³-hybridized carbons (Fsp3) is 0.529. The van der Waals surface area contributed by atoms with Crippen LogP contribution >= 0.6 is 0 Å². The summed E-state index contributed by atoms with van der Waals surface area (Å²) < 4.78 is 10.4. The summed E-state index contributed by atoms with van der Waals surface area (Å²) >= 11 is 0. The molecule has 6 nitrogen and oxygen atoms in total. The van der Waals surface area contributed by atoms with Crippen molar-refractivity contribution in [3.63, 3.8) is 0 Å². The molecule has 1 aromatic carbocycles. The first-order valence-electron chi connectivity index (χ1n) is 7.66. The first-order chi connectivity index (χ1) is 10.9. The summed E-state index contributed by atoms with van der Waals surface area (Å²) in [6, 6.07) is 4.52. The number of nitrogens with one attached hydrogen (secondary N) is 1. The average molecular weight is 323 g/mol. The van der Waals surface area contributed by atoms with Crippen molar-refractivity contribution in [3.8, 4) is 11.5 Å². The van der Waals surface area contributed by atoms with Crippen molar-refractivity contribution in [3.05, 3.63) is 23.8 Å². The molecule has 0 aliphatic heterocycles. The molecule has 0 spiro atoms. The second kappa shape index (κ2) is 9.02. The van der Waals surface area contributed by atoms with Gasteiger partial charge in [-0.2, -0.15) is 0 Å². The number of aliphatic carboxylic acids is 1. The molecule has 6 heteroatoms. The highest BCUT2D eigenvalue weighted by Gasteiger charge is 2.25. The van der Waals surface area contributed by atoms with Crippen LogP contribution in [-0.2, 0) is 16.0 Å². The topological polar surface area (TPSA) is 84.9 Å². The Labute approximate surface area is 136 Å². The maximum absolute atomic E-state index is 12.1. The highest BCUT2D eigenvalue weighted by atomic mass is 16.5. The van der Waals surface area contributed by atoms with E-state index in [9.17, 15) is 14.7 Å². The van der Waals surface area contributed by atoms with Gasteiger partial charge < -0.3 is 19.9 Å². The van der Waals surface area contributed by atoms with Gasteiger partial charge in [-0.15, -0.1) is 0 Å². The first kappa shape index (κ1) is 18.8. The van der Waals surface area contributed by atoms with E-state index in [2.05, 4.69) is 5.32 Å². The molecule has 0 fully saturated rings. The van der Waals surface area contributed by atoms with Crippen molar-refractivity contribution < 1.29 is 24.2 Å². The fourth-order valence-electron chi connectivity index (χ4n) is 2.25. The highest BCUT2D eigenvalue weighted by molar-refractivity contribution is 5.83. The summed E-state index contributed by atoms with van der Waals surface area (Å²) in [6.45, 7) is 3.71. The van der Waals surface area contributed by atoms with Crippen molar-refractivity contribution in [1.29, 1.82) is 0 Å². The minimum absolute atomic E-state index is 0.122. The largest absolute Gasteiger partial charge is 0.497 e. The SMILES string of the molecule is CCC(C)C(NC(=O)CCc1cc(OC)ccc1OC)C(=O)O. The lowest BCUT2D eigenvalue weighted by Crippen LogP contribution is -2.45. The van der Waals surface area contributed by atoms with Gasteiger partial charge in [0.15, 0.2) is 0 Å². The third-order valence-corrected chi connectivity index (χ3v) is 3.90. The zero-order valence-electron chi connectivity index (χ0n) is 14.1. The van der Waals surface area contributed by atoms with Gasteiger partial charge in [0.2, 0.25) is 5.91 Å². The number of benzene rings is 1. The van der Waals surface area contributed by atoms with Crippen LogP contribution in [0.3, 0.4) is 0 Å². The van der Waals surface area contributed by atoms with Crippen LogP contribution in [0.15, 0.2) is 18.2 Å². The van der Waals surface area contributed by atoms with E-state index >= 15 is 0 Å². The van der Waals surface area contributed by atoms with Crippen molar-refractivity contribution in [2.75, 3.05) is 14.2 Å². The molecule has 1 rings (SSSR count). The number of methoxy groups -OCH3 is 2. The summed E-state index contributed by atoms with van der Waals surface area (Å²) in [7, 11) is 3.14. The molecular formula is C17H25NO5. The maximum atomic E-state index is 12.1. The summed E-state index contributed by atoms with van der Waals surface area (Å²) in [4.78, 5) is 23.3. The Hall–Kier alpha value is -2.24. The summed E-state index contributed by atoms with van der Waals surface area (Å²) in [5.74, 6) is -0.0587. The summed E-state index contributed by atoms with van der Waals surface area (Å²) in [5.41, 5.74) is 0.845. The van der Waals surface area contributed by atoms with E-state index in [1.54, 1.807) is 26.4 Å². The van der Waals surface area contributed by atoms with Gasteiger partial charge in [0.05, 0.1) is 14.2 Å². The predicted octanol–water partition coefficient (Wildman–Crippen LogP) is 2.25. The number of ether oxygens (including phenoxy) is 2. The van der Waals surface area contributed by atoms with E-state index in [0.29, 0.717) is 24.3 Å². The minimum Gasteiger partial charge on any atom is -0.497 e. The van der Waals surface area contributed by atoms with Crippen LogP contribution in [0.1, 0.15) is 32.3 Å². The highest BCUT2D eigenvalue weighted by Crippen LogP contribution is 2.25. The van der Waals surface area contributed by atoms with Crippen LogP contribution in [0.5, 0.6) is 11.5 Å². The smallest absolute Gasteiger partial charge is 0.326 e. The molecule has 0 aliphatic carbocycles. The lowest BCUT2D eigenvalue weighted by atomic mass is 9.99. The maximum Gasteiger partial charge on any atom is 0.326 e. The van der Waals surface area contributed by atoms with Crippen molar-refractivity contribution >= 4 is 11.9 Å². The van der Waals surface area contributed by atoms with Gasteiger partial charge in [-0.1, -0.05) is 20.3 Å². The number of carboxylic acids is 1. The summed E-state index contributed by atoms with van der Waals surface area (Å²) in [6.07, 6.45) is 1.31. The lowest BCUT2D eigenvalue weighted by molar-refractivity contribution is -0.143. The molecule has 0 saturated carbocycles. The zero-order chi connectivity index (χ0) is 17.4. The Bertz CT molecular complexity index is 544. The predicted molar refractivity (Wildman–Crippen MR) is 86.9 cm³/mol. The van der Waals surface area contributed by atoms with Crippen LogP contribution in [0, 0.1) is 5.92 Å². The number of amides is 1. The Balaban J connectivity index is 2.70. The molecule has 0 heterocycles. The number of hydrogen-bond donors (Lipinski definition) is 2. The van der Waals surface area contributed by atoms with Crippen LogP contribution in [-0.4, -0.2) is 37.2 Å². The quantitative estimate of drug-likeness (QED) is 0.728. The van der Waals surface area contributed by atoms with Crippen LogP contribution in [0.4, 0.5) is 0 Å². The first-order valence-corrected chi connectivity index (χ1v) is 7.66. The van der Waals surface area contributed by atoms with Gasteiger partial charge in [-0.05, 0) is 36.1 Å². The van der Waals surface area contributed by atoms with Crippen LogP contribution < -0.4 is 14.8 Å². The molecule has 0 radical (unpaired) electrons. The molecule has 1 amide bonds. The number of rotatable bonds is 9. The van der Waals surface area contributed by atoms with Gasteiger partial charge >= 0.3 is 5.97 Å². The number of hydrogen-bond acceptors (Lipinski definition) is 4. The molecular weight excluding hydrogens is 298 g/mol. The molecule has 2 unspecified atom stereocenters. The molecule has 0 aromatic heterocycles. The standard InChI is InChI=1S/C17H25NO5/c1-5-11(2)16(17(20)21)18-15(19)9-6-12-10-13(22-3)7-8-14(12)23-4/h7-8,10-11,16H,5-6,9H2,1-4H3,(H,18,19)(H,20,21). The van der Waals surface area contributed by atoms with Crippen LogP contribution in [0.25, 0.3) is 0 Å². The van der Waals surface area contributed by atoms with Gasteiger partial charge in [0.25, 0.3) is 0 Å². The number of carboxylic acid groups (broad SMARTS) is 1. The van der Waals surface area contributed by atoms with Crippen molar-refractivity contribution in [2.45, 2.75) is 39.2 Å². The van der Waals surface area contributed by atoms with Gasteiger partial charge in [0, 0.05) is 6.42 Å². The average Bonchev–Trinajstić information content (AvgIpc) is 2.56. The van der Waals surface area contributed by atoms with Crippen molar-refractivity contribution in [1.82, 2.24) is 5.32 Å². The van der Waals surface area contributed by atoms with E-state index in [-0.39, 0.29) is 18.2 Å². The van der Waals surface area contributed by atoms with E-state index in [0.717, 1.165) is 5.56 Å². The van der Waals surface area contributed by atoms with Crippen LogP contribution in [0.2, 0.25) is 0 Å². The number of carbonyl (C=O) groups excluding carboxylic acids is 1. The molecule has 0 aliphatic rings. The van der Waals surface area contributed by atoms with Gasteiger partial charge in [0.1, 0.15) is 17.5 Å².